The monoisotopic (exact) mass is 216 g/mol. The first kappa shape index (κ1) is 7.83. The standard InChI is InChI=1S/C8H6BrCl/c9-5-4-7-2-1-3-8(10)6-7/h1-6H/b5-4+. The maximum absolute atomic E-state index is 5.73. The predicted molar refractivity (Wildman–Crippen MR) is 49.4 cm³/mol. The molecule has 1 aromatic carbocycles. The smallest absolute Gasteiger partial charge is 0.0411 e. The summed E-state index contributed by atoms with van der Waals surface area (Å²) in [7, 11) is 0. The molecule has 0 atom stereocenters. The topological polar surface area (TPSA) is 0 Å². The minimum atomic E-state index is 0.767. The van der Waals surface area contributed by atoms with Gasteiger partial charge in [-0.2, -0.15) is 0 Å². The lowest BCUT2D eigenvalue weighted by Gasteiger charge is -1.91. The molecule has 0 N–H and O–H groups in total. The van der Waals surface area contributed by atoms with Crippen LogP contribution in [0.5, 0.6) is 0 Å². The van der Waals surface area contributed by atoms with Gasteiger partial charge in [0, 0.05) is 5.02 Å². The third kappa shape index (κ3) is 2.16. The Morgan fingerprint density at radius 2 is 2.20 bits per heavy atom. The van der Waals surface area contributed by atoms with Gasteiger partial charge < -0.3 is 0 Å². The number of benzene rings is 1. The third-order valence-electron chi connectivity index (χ3n) is 1.10. The lowest BCUT2D eigenvalue weighted by Crippen LogP contribution is -1.68. The normalized spacial score (nSPS) is 10.6. The molecule has 0 nitrogen and oxygen atoms in total. The molecule has 52 valence electrons. The zero-order valence-electron chi connectivity index (χ0n) is 5.22. The lowest BCUT2D eigenvalue weighted by molar-refractivity contribution is 1.66. The Balaban J connectivity index is 2.95. The molecule has 0 fully saturated rings. The van der Waals surface area contributed by atoms with Crippen molar-refractivity contribution in [2.75, 3.05) is 0 Å². The van der Waals surface area contributed by atoms with Crippen LogP contribution in [-0.4, -0.2) is 0 Å². The molecule has 0 aromatic heterocycles. The van der Waals surface area contributed by atoms with Crippen molar-refractivity contribution >= 4 is 33.6 Å². The van der Waals surface area contributed by atoms with Gasteiger partial charge in [0.1, 0.15) is 0 Å². The van der Waals surface area contributed by atoms with Gasteiger partial charge in [-0.25, -0.2) is 0 Å². The summed E-state index contributed by atoms with van der Waals surface area (Å²) in [4.78, 5) is 1.80. The van der Waals surface area contributed by atoms with Crippen LogP contribution in [0.1, 0.15) is 5.56 Å². The zero-order chi connectivity index (χ0) is 7.40. The first-order valence-corrected chi connectivity index (χ1v) is 4.14. The Hall–Kier alpha value is -0.270. The molecule has 0 saturated carbocycles. The molecule has 0 aliphatic heterocycles. The highest BCUT2D eigenvalue weighted by atomic mass is 79.9. The van der Waals surface area contributed by atoms with E-state index in [1.54, 1.807) is 4.99 Å². The molecule has 1 aromatic rings. The molecular weight excluding hydrogens is 211 g/mol. The van der Waals surface area contributed by atoms with E-state index >= 15 is 0 Å². The Bertz CT molecular complexity index is 243. The van der Waals surface area contributed by atoms with Gasteiger partial charge in [0.2, 0.25) is 0 Å². The van der Waals surface area contributed by atoms with E-state index in [2.05, 4.69) is 15.9 Å². The third-order valence-corrected chi connectivity index (χ3v) is 1.60. The highest BCUT2D eigenvalue weighted by Crippen LogP contribution is 2.11. The van der Waals surface area contributed by atoms with Gasteiger partial charge in [-0.05, 0) is 28.8 Å². The van der Waals surface area contributed by atoms with E-state index < -0.39 is 0 Å². The van der Waals surface area contributed by atoms with Crippen LogP contribution in [0.3, 0.4) is 0 Å². The fourth-order valence-corrected chi connectivity index (χ4v) is 1.19. The Morgan fingerprint density at radius 3 is 2.80 bits per heavy atom. The van der Waals surface area contributed by atoms with E-state index in [1.807, 2.05) is 30.3 Å². The van der Waals surface area contributed by atoms with Crippen LogP contribution in [-0.2, 0) is 0 Å². The van der Waals surface area contributed by atoms with Crippen LogP contribution in [0.2, 0.25) is 5.02 Å². The summed E-state index contributed by atoms with van der Waals surface area (Å²) in [5.74, 6) is 0. The largest absolute Gasteiger partial charge is 0.0843 e. The average molecular weight is 217 g/mol. The minimum absolute atomic E-state index is 0.767. The van der Waals surface area contributed by atoms with Crippen molar-refractivity contribution in [3.8, 4) is 0 Å². The van der Waals surface area contributed by atoms with E-state index in [-0.39, 0.29) is 0 Å². The second-order valence-corrected chi connectivity index (χ2v) is 2.81. The molecule has 0 heterocycles. The summed E-state index contributed by atoms with van der Waals surface area (Å²) in [5.41, 5.74) is 1.10. The number of halogens is 2. The maximum atomic E-state index is 5.73. The molecule has 1 rings (SSSR count). The maximum Gasteiger partial charge on any atom is 0.0411 e. The SMILES string of the molecule is Clc1cccc(/C=C/Br)c1. The minimum Gasteiger partial charge on any atom is -0.0843 e. The summed E-state index contributed by atoms with van der Waals surface area (Å²) in [5, 5.41) is 0.767. The second kappa shape index (κ2) is 3.79. The Morgan fingerprint density at radius 1 is 1.40 bits per heavy atom. The lowest BCUT2D eigenvalue weighted by atomic mass is 10.2. The molecule has 0 amide bonds. The summed E-state index contributed by atoms with van der Waals surface area (Å²) in [6, 6.07) is 7.67. The van der Waals surface area contributed by atoms with Crippen LogP contribution in [0.4, 0.5) is 0 Å². The summed E-state index contributed by atoms with van der Waals surface area (Å²) in [6.07, 6.45) is 1.94. The highest BCUT2D eigenvalue weighted by Gasteiger charge is 1.86. The predicted octanol–water partition coefficient (Wildman–Crippen LogP) is 3.71. The van der Waals surface area contributed by atoms with Crippen LogP contribution >= 0.6 is 27.5 Å². The summed E-state index contributed by atoms with van der Waals surface area (Å²) in [6.45, 7) is 0. The van der Waals surface area contributed by atoms with Gasteiger partial charge in [-0.15, -0.1) is 0 Å². The first-order valence-electron chi connectivity index (χ1n) is 2.85. The van der Waals surface area contributed by atoms with Crippen LogP contribution in [0.25, 0.3) is 6.08 Å². The molecule has 0 radical (unpaired) electrons. The van der Waals surface area contributed by atoms with Crippen molar-refractivity contribution in [1.29, 1.82) is 0 Å². The number of hydrogen-bond acceptors (Lipinski definition) is 0. The Kier molecular flexibility index (Phi) is 2.97. The first-order chi connectivity index (χ1) is 4.83. The van der Waals surface area contributed by atoms with Gasteiger partial charge in [0.05, 0.1) is 0 Å². The van der Waals surface area contributed by atoms with Crippen molar-refractivity contribution in [3.63, 3.8) is 0 Å². The molecule has 0 bridgehead atoms. The molecule has 0 aliphatic carbocycles. The Labute approximate surface area is 73.6 Å². The van der Waals surface area contributed by atoms with Crippen molar-refractivity contribution in [3.05, 3.63) is 39.8 Å². The van der Waals surface area contributed by atoms with Gasteiger partial charge in [-0.3, -0.25) is 0 Å². The molecule has 10 heavy (non-hydrogen) atoms. The number of rotatable bonds is 1. The fraction of sp³-hybridized carbons (Fsp3) is 0. The van der Waals surface area contributed by atoms with Gasteiger partial charge in [-0.1, -0.05) is 39.7 Å². The van der Waals surface area contributed by atoms with Crippen LogP contribution < -0.4 is 0 Å². The molecule has 2 heteroatoms. The van der Waals surface area contributed by atoms with Crippen molar-refractivity contribution < 1.29 is 0 Å². The van der Waals surface area contributed by atoms with Crippen molar-refractivity contribution in [2.45, 2.75) is 0 Å². The quantitative estimate of drug-likeness (QED) is 0.673. The molecule has 0 saturated heterocycles. The fourth-order valence-electron chi connectivity index (χ4n) is 0.683. The number of hydrogen-bond donors (Lipinski definition) is 0. The van der Waals surface area contributed by atoms with Gasteiger partial charge in [0.15, 0.2) is 0 Å². The van der Waals surface area contributed by atoms with Gasteiger partial charge in [0.25, 0.3) is 0 Å². The van der Waals surface area contributed by atoms with Crippen LogP contribution in [0, 0.1) is 0 Å². The van der Waals surface area contributed by atoms with Crippen molar-refractivity contribution in [2.24, 2.45) is 0 Å². The van der Waals surface area contributed by atoms with E-state index in [1.165, 1.54) is 0 Å². The van der Waals surface area contributed by atoms with Crippen molar-refractivity contribution in [1.82, 2.24) is 0 Å². The second-order valence-electron chi connectivity index (χ2n) is 1.85. The highest BCUT2D eigenvalue weighted by molar-refractivity contribution is 9.11. The molecule has 0 unspecified atom stereocenters. The van der Waals surface area contributed by atoms with Gasteiger partial charge >= 0.3 is 0 Å². The van der Waals surface area contributed by atoms with E-state index in [0.717, 1.165) is 10.6 Å². The molecule has 0 spiro atoms. The van der Waals surface area contributed by atoms with E-state index in [4.69, 9.17) is 11.6 Å². The molecule has 0 aliphatic rings. The summed E-state index contributed by atoms with van der Waals surface area (Å²) >= 11 is 8.92. The van der Waals surface area contributed by atoms with Crippen LogP contribution in [0.15, 0.2) is 29.3 Å². The van der Waals surface area contributed by atoms with E-state index in [9.17, 15) is 0 Å². The molecular formula is C8H6BrCl. The summed E-state index contributed by atoms with van der Waals surface area (Å²) < 4.78 is 0. The van der Waals surface area contributed by atoms with E-state index in [0.29, 0.717) is 0 Å². The average Bonchev–Trinajstić information content (AvgIpc) is 1.88. The zero-order valence-corrected chi connectivity index (χ0v) is 7.56.